The molecule has 0 aliphatic carbocycles. The molecule has 0 saturated heterocycles. The van der Waals surface area contributed by atoms with Gasteiger partial charge >= 0.3 is 0 Å². The first-order chi connectivity index (χ1) is 9.54. The Balaban J connectivity index is 1.90. The Bertz CT molecular complexity index is 617. The molecule has 2 N–H and O–H groups in total. The zero-order valence-electron chi connectivity index (χ0n) is 10.3. The lowest BCUT2D eigenvalue weighted by Gasteiger charge is -2.09. The average Bonchev–Trinajstić information content (AvgIpc) is 2.40. The van der Waals surface area contributed by atoms with E-state index in [1.165, 1.54) is 18.2 Å². The Morgan fingerprint density at radius 1 is 1.10 bits per heavy atom. The second-order valence-corrected chi connectivity index (χ2v) is 4.88. The van der Waals surface area contributed by atoms with Crippen LogP contribution < -0.4 is 10.6 Å². The van der Waals surface area contributed by atoms with Gasteiger partial charge in [0, 0.05) is 10.7 Å². The highest BCUT2D eigenvalue weighted by Crippen LogP contribution is 2.22. The predicted octanol–water partition coefficient (Wildman–Crippen LogP) is 4.18. The average molecular weight is 313 g/mol. The van der Waals surface area contributed by atoms with Crippen LogP contribution in [0.2, 0.25) is 10.0 Å². The monoisotopic (exact) mass is 312 g/mol. The smallest absolute Gasteiger partial charge is 0.243 e. The third-order valence-electron chi connectivity index (χ3n) is 2.50. The molecular formula is C14H11Cl2FN2O. The van der Waals surface area contributed by atoms with E-state index in [0.29, 0.717) is 16.4 Å². The van der Waals surface area contributed by atoms with Crippen molar-refractivity contribution in [1.29, 1.82) is 0 Å². The number of carbonyl (C=O) groups is 1. The first-order valence-electron chi connectivity index (χ1n) is 5.79. The molecule has 0 saturated carbocycles. The number of hydrogen-bond donors (Lipinski definition) is 2. The zero-order valence-corrected chi connectivity index (χ0v) is 11.8. The van der Waals surface area contributed by atoms with Crippen LogP contribution >= 0.6 is 23.2 Å². The number of hydrogen-bond acceptors (Lipinski definition) is 2. The predicted molar refractivity (Wildman–Crippen MR) is 80.0 cm³/mol. The van der Waals surface area contributed by atoms with Crippen molar-refractivity contribution in [3.63, 3.8) is 0 Å². The lowest BCUT2D eigenvalue weighted by Crippen LogP contribution is -2.21. The normalized spacial score (nSPS) is 10.2. The number of rotatable bonds is 4. The molecule has 0 aliphatic rings. The van der Waals surface area contributed by atoms with Crippen molar-refractivity contribution in [2.75, 3.05) is 17.2 Å². The van der Waals surface area contributed by atoms with Crippen LogP contribution in [-0.2, 0) is 4.79 Å². The number of carbonyl (C=O) groups excluding carboxylic acids is 1. The minimum absolute atomic E-state index is 0.0218. The molecule has 0 fully saturated rings. The minimum Gasteiger partial charge on any atom is -0.375 e. The third kappa shape index (κ3) is 4.11. The number of anilines is 2. The SMILES string of the molecule is O=C(CNc1ccc(F)cc1Cl)Nc1ccc(Cl)cc1. The van der Waals surface area contributed by atoms with Crippen molar-refractivity contribution in [3.05, 3.63) is 58.3 Å². The first-order valence-corrected chi connectivity index (χ1v) is 6.54. The topological polar surface area (TPSA) is 41.1 Å². The minimum atomic E-state index is -0.425. The van der Waals surface area contributed by atoms with E-state index in [-0.39, 0.29) is 17.5 Å². The van der Waals surface area contributed by atoms with Crippen LogP contribution in [0, 0.1) is 5.82 Å². The summed E-state index contributed by atoms with van der Waals surface area (Å²) < 4.78 is 12.9. The molecule has 0 bridgehead atoms. The highest BCUT2D eigenvalue weighted by molar-refractivity contribution is 6.33. The third-order valence-corrected chi connectivity index (χ3v) is 3.06. The molecule has 0 radical (unpaired) electrons. The molecule has 0 heterocycles. The summed E-state index contributed by atoms with van der Waals surface area (Å²) in [4.78, 5) is 11.7. The molecule has 20 heavy (non-hydrogen) atoms. The molecule has 0 aliphatic heterocycles. The first kappa shape index (κ1) is 14.6. The van der Waals surface area contributed by atoms with E-state index >= 15 is 0 Å². The van der Waals surface area contributed by atoms with E-state index in [0.717, 1.165) is 0 Å². The second kappa shape index (κ2) is 6.59. The molecule has 2 aromatic rings. The van der Waals surface area contributed by atoms with E-state index in [9.17, 15) is 9.18 Å². The summed E-state index contributed by atoms with van der Waals surface area (Å²) in [6.07, 6.45) is 0. The maximum atomic E-state index is 12.9. The number of amides is 1. The summed E-state index contributed by atoms with van der Waals surface area (Å²) >= 11 is 11.6. The molecule has 0 aromatic heterocycles. The van der Waals surface area contributed by atoms with E-state index in [1.54, 1.807) is 24.3 Å². The van der Waals surface area contributed by atoms with E-state index in [4.69, 9.17) is 23.2 Å². The van der Waals surface area contributed by atoms with E-state index < -0.39 is 5.82 Å². The van der Waals surface area contributed by atoms with Crippen molar-refractivity contribution in [1.82, 2.24) is 0 Å². The van der Waals surface area contributed by atoms with Crippen molar-refractivity contribution in [3.8, 4) is 0 Å². The quantitative estimate of drug-likeness (QED) is 0.889. The van der Waals surface area contributed by atoms with Crippen molar-refractivity contribution < 1.29 is 9.18 Å². The molecule has 104 valence electrons. The second-order valence-electron chi connectivity index (χ2n) is 4.03. The summed E-state index contributed by atoms with van der Waals surface area (Å²) in [6.45, 7) is 0.0218. The van der Waals surface area contributed by atoms with Crippen LogP contribution in [0.4, 0.5) is 15.8 Å². The van der Waals surface area contributed by atoms with Crippen LogP contribution in [0.3, 0.4) is 0 Å². The number of nitrogens with one attached hydrogen (secondary N) is 2. The summed E-state index contributed by atoms with van der Waals surface area (Å²) in [5.41, 5.74) is 1.14. The zero-order chi connectivity index (χ0) is 14.5. The standard InChI is InChI=1S/C14H11Cl2FN2O/c15-9-1-4-11(5-2-9)19-14(20)8-18-13-6-3-10(17)7-12(13)16/h1-7,18H,8H2,(H,19,20). The molecule has 3 nitrogen and oxygen atoms in total. The molecule has 2 aromatic carbocycles. The summed E-state index contributed by atoms with van der Waals surface area (Å²) in [5, 5.41) is 6.35. The Morgan fingerprint density at radius 3 is 2.45 bits per heavy atom. The fraction of sp³-hybridized carbons (Fsp3) is 0.0714. The molecule has 2 rings (SSSR count). The van der Waals surface area contributed by atoms with E-state index in [2.05, 4.69) is 10.6 Å². The van der Waals surface area contributed by atoms with Gasteiger partial charge in [0.2, 0.25) is 5.91 Å². The van der Waals surface area contributed by atoms with Gasteiger partial charge in [-0.15, -0.1) is 0 Å². The van der Waals surface area contributed by atoms with Crippen molar-refractivity contribution >= 4 is 40.5 Å². The lowest BCUT2D eigenvalue weighted by molar-refractivity contribution is -0.114. The van der Waals surface area contributed by atoms with Crippen LogP contribution in [0.25, 0.3) is 0 Å². The van der Waals surface area contributed by atoms with Crippen molar-refractivity contribution in [2.24, 2.45) is 0 Å². The van der Waals surface area contributed by atoms with Gasteiger partial charge in [0.15, 0.2) is 0 Å². The van der Waals surface area contributed by atoms with Gasteiger partial charge in [-0.3, -0.25) is 4.79 Å². The van der Waals surface area contributed by atoms with Crippen LogP contribution in [-0.4, -0.2) is 12.5 Å². The largest absolute Gasteiger partial charge is 0.375 e. The van der Waals surface area contributed by atoms with Gasteiger partial charge in [-0.25, -0.2) is 4.39 Å². The van der Waals surface area contributed by atoms with Crippen LogP contribution in [0.5, 0.6) is 0 Å². The van der Waals surface area contributed by atoms with Gasteiger partial charge in [-0.2, -0.15) is 0 Å². The van der Waals surface area contributed by atoms with Crippen LogP contribution in [0.1, 0.15) is 0 Å². The van der Waals surface area contributed by atoms with Crippen molar-refractivity contribution in [2.45, 2.75) is 0 Å². The van der Waals surface area contributed by atoms with E-state index in [1.807, 2.05) is 0 Å². The molecule has 6 heteroatoms. The molecule has 0 spiro atoms. The maximum Gasteiger partial charge on any atom is 0.243 e. The highest BCUT2D eigenvalue weighted by atomic mass is 35.5. The van der Waals surface area contributed by atoms with Gasteiger partial charge in [0.25, 0.3) is 0 Å². The fourth-order valence-electron chi connectivity index (χ4n) is 1.55. The molecule has 0 atom stereocenters. The summed E-state index contributed by atoms with van der Waals surface area (Å²) in [7, 11) is 0. The van der Waals surface area contributed by atoms with Gasteiger partial charge in [-0.05, 0) is 42.5 Å². The fourth-order valence-corrected chi connectivity index (χ4v) is 1.91. The summed E-state index contributed by atoms with van der Waals surface area (Å²) in [6, 6.07) is 10.7. The molecule has 0 unspecified atom stereocenters. The van der Waals surface area contributed by atoms with Gasteiger partial charge < -0.3 is 10.6 Å². The number of benzene rings is 2. The molecular weight excluding hydrogens is 302 g/mol. The Hall–Kier alpha value is -1.78. The highest BCUT2D eigenvalue weighted by Gasteiger charge is 2.05. The lowest BCUT2D eigenvalue weighted by atomic mass is 10.3. The maximum absolute atomic E-state index is 12.9. The van der Waals surface area contributed by atoms with Crippen LogP contribution in [0.15, 0.2) is 42.5 Å². The number of halogens is 3. The van der Waals surface area contributed by atoms with Gasteiger partial charge in [0.05, 0.1) is 17.3 Å². The Kier molecular flexibility index (Phi) is 4.82. The Labute approximate surface area is 125 Å². The van der Waals surface area contributed by atoms with Gasteiger partial charge in [0.1, 0.15) is 5.82 Å². The summed E-state index contributed by atoms with van der Waals surface area (Å²) in [5.74, 6) is -0.668. The Morgan fingerprint density at radius 2 is 1.80 bits per heavy atom. The van der Waals surface area contributed by atoms with Gasteiger partial charge in [-0.1, -0.05) is 23.2 Å². The molecule has 1 amide bonds.